The van der Waals surface area contributed by atoms with Crippen LogP contribution in [0.5, 0.6) is 0 Å². The summed E-state index contributed by atoms with van der Waals surface area (Å²) in [5, 5.41) is 0. The maximum absolute atomic E-state index is 12.2. The molecule has 0 fully saturated rings. The third-order valence-electron chi connectivity index (χ3n) is 3.32. The minimum absolute atomic E-state index is 0.190. The average Bonchev–Trinajstić information content (AvgIpc) is 2.48. The van der Waals surface area contributed by atoms with E-state index in [1.165, 1.54) is 0 Å². The van der Waals surface area contributed by atoms with Crippen LogP contribution in [0.25, 0.3) is 0 Å². The Morgan fingerprint density at radius 2 is 1.75 bits per heavy atom. The van der Waals surface area contributed by atoms with Gasteiger partial charge in [-0.05, 0) is 57.7 Å². The Kier molecular flexibility index (Phi) is 7.90. The zero-order chi connectivity index (χ0) is 18.2. The zero-order valence-electron chi connectivity index (χ0n) is 15.1. The number of ether oxygens (including phenoxy) is 1. The summed E-state index contributed by atoms with van der Waals surface area (Å²) in [5.74, 6) is -0.318. The number of carbonyl (C=O) groups is 1. The fourth-order valence-corrected chi connectivity index (χ4v) is 3.21. The van der Waals surface area contributed by atoms with Gasteiger partial charge in [-0.3, -0.25) is 4.79 Å². The molecule has 0 heterocycles. The summed E-state index contributed by atoms with van der Waals surface area (Å²) in [6.07, 6.45) is 3.76. The van der Waals surface area contributed by atoms with Crippen LogP contribution in [-0.4, -0.2) is 26.5 Å². The summed E-state index contributed by atoms with van der Waals surface area (Å²) in [6, 6.07) is 6.96. The topological polar surface area (TPSA) is 72.5 Å². The van der Waals surface area contributed by atoms with Crippen molar-refractivity contribution in [3.8, 4) is 0 Å². The van der Waals surface area contributed by atoms with Crippen molar-refractivity contribution in [1.82, 2.24) is 4.72 Å². The predicted molar refractivity (Wildman–Crippen MR) is 95.3 cm³/mol. The fourth-order valence-electron chi connectivity index (χ4n) is 2.13. The first-order valence-electron chi connectivity index (χ1n) is 8.44. The highest BCUT2D eigenvalue weighted by atomic mass is 32.2. The van der Waals surface area contributed by atoms with Gasteiger partial charge in [-0.1, -0.05) is 25.5 Å². The van der Waals surface area contributed by atoms with E-state index < -0.39 is 15.6 Å². The second-order valence-corrected chi connectivity index (χ2v) is 8.60. The predicted octanol–water partition coefficient (Wildman–Crippen LogP) is 3.43. The third kappa shape index (κ3) is 7.93. The van der Waals surface area contributed by atoms with E-state index in [4.69, 9.17) is 4.74 Å². The standard InChI is InChI=1S/C18H29NO4S/c1-5-6-8-15-10-12-16(13-11-15)24(21,22)19-14-7-9-17(20)23-18(2,3)4/h10-13,19H,5-9,14H2,1-4H3. The molecule has 1 aromatic rings. The first-order chi connectivity index (χ1) is 11.1. The molecule has 5 nitrogen and oxygen atoms in total. The van der Waals surface area contributed by atoms with Gasteiger partial charge in [-0.15, -0.1) is 0 Å². The van der Waals surface area contributed by atoms with Gasteiger partial charge in [0, 0.05) is 13.0 Å². The number of hydrogen-bond donors (Lipinski definition) is 1. The van der Waals surface area contributed by atoms with Gasteiger partial charge >= 0.3 is 5.97 Å². The van der Waals surface area contributed by atoms with Gasteiger partial charge in [-0.2, -0.15) is 0 Å². The van der Waals surface area contributed by atoms with E-state index in [1.54, 1.807) is 32.9 Å². The van der Waals surface area contributed by atoms with Gasteiger partial charge in [0.05, 0.1) is 4.90 Å². The minimum Gasteiger partial charge on any atom is -0.460 e. The molecule has 0 aliphatic rings. The van der Waals surface area contributed by atoms with Crippen LogP contribution in [0, 0.1) is 0 Å². The summed E-state index contributed by atoms with van der Waals surface area (Å²) in [5.41, 5.74) is 0.622. The largest absolute Gasteiger partial charge is 0.460 e. The van der Waals surface area contributed by atoms with Gasteiger partial charge < -0.3 is 4.74 Å². The lowest BCUT2D eigenvalue weighted by Gasteiger charge is -2.19. The molecule has 6 heteroatoms. The number of rotatable bonds is 9. The van der Waals surface area contributed by atoms with E-state index >= 15 is 0 Å². The normalized spacial score (nSPS) is 12.2. The third-order valence-corrected chi connectivity index (χ3v) is 4.80. The quantitative estimate of drug-likeness (QED) is 0.544. The van der Waals surface area contributed by atoms with E-state index in [0.717, 1.165) is 24.8 Å². The first-order valence-corrected chi connectivity index (χ1v) is 9.93. The van der Waals surface area contributed by atoms with Crippen molar-refractivity contribution in [3.63, 3.8) is 0 Å². The number of nitrogens with one attached hydrogen (secondary N) is 1. The molecule has 0 radical (unpaired) electrons. The second-order valence-electron chi connectivity index (χ2n) is 6.84. The van der Waals surface area contributed by atoms with E-state index in [-0.39, 0.29) is 23.8 Å². The van der Waals surface area contributed by atoms with Crippen LogP contribution in [0.1, 0.15) is 58.9 Å². The van der Waals surface area contributed by atoms with E-state index in [0.29, 0.717) is 6.42 Å². The van der Waals surface area contributed by atoms with E-state index in [1.807, 2.05) is 12.1 Å². The highest BCUT2D eigenvalue weighted by Crippen LogP contribution is 2.13. The molecule has 0 aliphatic heterocycles. The highest BCUT2D eigenvalue weighted by molar-refractivity contribution is 7.89. The number of carbonyl (C=O) groups excluding carboxylic acids is 1. The van der Waals surface area contributed by atoms with Gasteiger partial charge in [0.2, 0.25) is 10.0 Å². The SMILES string of the molecule is CCCCc1ccc(S(=O)(=O)NCCCC(=O)OC(C)(C)C)cc1. The molecule has 0 saturated carbocycles. The lowest BCUT2D eigenvalue weighted by atomic mass is 10.1. The van der Waals surface area contributed by atoms with Crippen molar-refractivity contribution < 1.29 is 17.9 Å². The number of benzene rings is 1. The van der Waals surface area contributed by atoms with Crippen molar-refractivity contribution >= 4 is 16.0 Å². The lowest BCUT2D eigenvalue weighted by molar-refractivity contribution is -0.154. The molecule has 0 atom stereocenters. The average molecular weight is 356 g/mol. The summed E-state index contributed by atoms with van der Waals surface area (Å²) in [4.78, 5) is 11.8. The number of esters is 1. The number of unbranched alkanes of at least 4 members (excludes halogenated alkanes) is 1. The van der Waals surface area contributed by atoms with Crippen molar-refractivity contribution in [3.05, 3.63) is 29.8 Å². The Labute approximate surface area is 145 Å². The molecule has 0 unspecified atom stereocenters. The maximum Gasteiger partial charge on any atom is 0.306 e. The molecule has 1 N–H and O–H groups in total. The first kappa shape index (κ1) is 20.6. The monoisotopic (exact) mass is 355 g/mol. The van der Waals surface area contributed by atoms with Crippen LogP contribution in [0.2, 0.25) is 0 Å². The minimum atomic E-state index is -3.53. The molecule has 0 spiro atoms. The molecule has 1 aromatic carbocycles. The van der Waals surface area contributed by atoms with Gasteiger partial charge in [0.1, 0.15) is 5.60 Å². The maximum atomic E-state index is 12.2. The highest BCUT2D eigenvalue weighted by Gasteiger charge is 2.17. The lowest BCUT2D eigenvalue weighted by Crippen LogP contribution is -2.27. The molecule has 24 heavy (non-hydrogen) atoms. The Morgan fingerprint density at radius 1 is 1.12 bits per heavy atom. The van der Waals surface area contributed by atoms with Crippen LogP contribution in [-0.2, 0) is 26.0 Å². The van der Waals surface area contributed by atoms with Gasteiger partial charge in [-0.25, -0.2) is 13.1 Å². The van der Waals surface area contributed by atoms with Crippen molar-refractivity contribution in [2.45, 2.75) is 70.3 Å². The van der Waals surface area contributed by atoms with Crippen LogP contribution < -0.4 is 4.72 Å². The van der Waals surface area contributed by atoms with Crippen molar-refractivity contribution in [2.24, 2.45) is 0 Å². The molecule has 0 aromatic heterocycles. The van der Waals surface area contributed by atoms with E-state index in [2.05, 4.69) is 11.6 Å². The smallest absolute Gasteiger partial charge is 0.306 e. The number of aryl methyl sites for hydroxylation is 1. The van der Waals surface area contributed by atoms with Gasteiger partial charge in [0.15, 0.2) is 0 Å². The second kappa shape index (κ2) is 9.18. The summed E-state index contributed by atoms with van der Waals surface area (Å²) >= 11 is 0. The van der Waals surface area contributed by atoms with Gasteiger partial charge in [0.25, 0.3) is 0 Å². The molecule has 0 saturated heterocycles. The zero-order valence-corrected chi connectivity index (χ0v) is 15.9. The van der Waals surface area contributed by atoms with E-state index in [9.17, 15) is 13.2 Å². The Morgan fingerprint density at radius 3 is 2.29 bits per heavy atom. The number of hydrogen-bond acceptors (Lipinski definition) is 4. The van der Waals surface area contributed by atoms with Crippen LogP contribution in [0.4, 0.5) is 0 Å². The van der Waals surface area contributed by atoms with Crippen molar-refractivity contribution in [2.75, 3.05) is 6.54 Å². The molecule has 0 bridgehead atoms. The summed E-state index contributed by atoms with van der Waals surface area (Å²) in [7, 11) is -3.53. The summed E-state index contributed by atoms with van der Waals surface area (Å²) < 4.78 is 32.1. The summed E-state index contributed by atoms with van der Waals surface area (Å²) in [6.45, 7) is 7.74. The molecular weight excluding hydrogens is 326 g/mol. The van der Waals surface area contributed by atoms with Crippen LogP contribution in [0.3, 0.4) is 0 Å². The van der Waals surface area contributed by atoms with Crippen molar-refractivity contribution in [1.29, 1.82) is 0 Å². The molecule has 0 aliphatic carbocycles. The fraction of sp³-hybridized carbons (Fsp3) is 0.611. The van der Waals surface area contributed by atoms with Crippen LogP contribution >= 0.6 is 0 Å². The Balaban J connectivity index is 2.45. The Bertz CT molecular complexity index is 615. The number of sulfonamides is 1. The van der Waals surface area contributed by atoms with Crippen LogP contribution in [0.15, 0.2) is 29.2 Å². The molecular formula is C18H29NO4S. The Hall–Kier alpha value is -1.40. The molecule has 136 valence electrons. The molecule has 1 rings (SSSR count). The molecule has 0 amide bonds.